The Hall–Kier alpha value is -1.19. The van der Waals surface area contributed by atoms with E-state index in [0.717, 1.165) is 0 Å². The van der Waals surface area contributed by atoms with Gasteiger partial charge in [-0.05, 0) is 0 Å². The molecular formula is C11H12O3. The highest BCUT2D eigenvalue weighted by Crippen LogP contribution is 2.18. The van der Waals surface area contributed by atoms with Gasteiger partial charge in [0.15, 0.2) is 5.78 Å². The molecule has 1 saturated heterocycles. The minimum absolute atomic E-state index is 0.0319. The second kappa shape index (κ2) is 3.90. The zero-order chi connectivity index (χ0) is 9.97. The molecule has 0 saturated carbocycles. The third-order valence-electron chi connectivity index (χ3n) is 2.45. The van der Waals surface area contributed by atoms with Gasteiger partial charge in [0.1, 0.15) is 0 Å². The van der Waals surface area contributed by atoms with Crippen molar-refractivity contribution in [3.8, 4) is 0 Å². The predicted octanol–water partition coefficient (Wildman–Crippen LogP) is 0.877. The van der Waals surface area contributed by atoms with Gasteiger partial charge in [-0.1, -0.05) is 30.3 Å². The maximum atomic E-state index is 11.8. The summed E-state index contributed by atoms with van der Waals surface area (Å²) in [5, 5.41) is 9.47. The first-order valence-electron chi connectivity index (χ1n) is 4.64. The van der Waals surface area contributed by atoms with Crippen LogP contribution in [0, 0.1) is 5.92 Å². The van der Waals surface area contributed by atoms with E-state index in [1.54, 1.807) is 12.1 Å². The number of hydrogen-bond acceptors (Lipinski definition) is 3. The molecule has 14 heavy (non-hydrogen) atoms. The van der Waals surface area contributed by atoms with Crippen LogP contribution < -0.4 is 0 Å². The summed E-state index contributed by atoms with van der Waals surface area (Å²) in [6, 6.07) is 9.00. The fourth-order valence-corrected chi connectivity index (χ4v) is 1.61. The molecule has 0 amide bonds. The van der Waals surface area contributed by atoms with E-state index in [2.05, 4.69) is 0 Å². The minimum atomic E-state index is -0.650. The van der Waals surface area contributed by atoms with Crippen LogP contribution in [0.4, 0.5) is 0 Å². The smallest absolute Gasteiger partial charge is 0.170 e. The van der Waals surface area contributed by atoms with Gasteiger partial charge in [-0.15, -0.1) is 0 Å². The third-order valence-corrected chi connectivity index (χ3v) is 2.45. The molecule has 3 heteroatoms. The number of benzene rings is 1. The topological polar surface area (TPSA) is 46.5 Å². The second-order valence-corrected chi connectivity index (χ2v) is 3.44. The zero-order valence-electron chi connectivity index (χ0n) is 7.72. The maximum absolute atomic E-state index is 11.8. The lowest BCUT2D eigenvalue weighted by Gasteiger charge is -2.10. The molecule has 1 N–H and O–H groups in total. The van der Waals surface area contributed by atoms with Crippen molar-refractivity contribution in [3.63, 3.8) is 0 Å². The molecule has 1 aromatic carbocycles. The lowest BCUT2D eigenvalue weighted by atomic mass is 9.95. The molecule has 3 nitrogen and oxygen atoms in total. The normalized spacial score (nSPS) is 26.4. The van der Waals surface area contributed by atoms with Crippen LogP contribution in [0.25, 0.3) is 0 Å². The molecular weight excluding hydrogens is 180 g/mol. The first kappa shape index (κ1) is 9.37. The Balaban J connectivity index is 2.16. The van der Waals surface area contributed by atoms with E-state index >= 15 is 0 Å². The Bertz CT molecular complexity index is 321. The first-order chi connectivity index (χ1) is 6.79. The maximum Gasteiger partial charge on any atom is 0.170 e. The Morgan fingerprint density at radius 3 is 2.57 bits per heavy atom. The van der Waals surface area contributed by atoms with Crippen molar-refractivity contribution in [3.05, 3.63) is 35.9 Å². The van der Waals surface area contributed by atoms with Crippen LogP contribution in [-0.4, -0.2) is 30.2 Å². The van der Waals surface area contributed by atoms with Gasteiger partial charge >= 0.3 is 0 Å². The van der Waals surface area contributed by atoms with E-state index in [-0.39, 0.29) is 12.4 Å². The molecule has 74 valence electrons. The molecule has 0 bridgehead atoms. The van der Waals surface area contributed by atoms with Gasteiger partial charge in [-0.2, -0.15) is 0 Å². The van der Waals surface area contributed by atoms with Crippen molar-refractivity contribution < 1.29 is 14.6 Å². The molecule has 1 fully saturated rings. The Morgan fingerprint density at radius 2 is 2.00 bits per heavy atom. The predicted molar refractivity (Wildman–Crippen MR) is 51.1 cm³/mol. The van der Waals surface area contributed by atoms with Crippen molar-refractivity contribution in [1.82, 2.24) is 0 Å². The molecule has 0 unspecified atom stereocenters. The van der Waals surface area contributed by atoms with Crippen LogP contribution >= 0.6 is 0 Å². The number of aliphatic hydroxyl groups excluding tert-OH is 1. The Kier molecular flexibility index (Phi) is 2.61. The van der Waals surface area contributed by atoms with Gasteiger partial charge in [-0.3, -0.25) is 4.79 Å². The van der Waals surface area contributed by atoms with Crippen LogP contribution in [0.1, 0.15) is 10.4 Å². The van der Waals surface area contributed by atoms with Crippen molar-refractivity contribution in [2.24, 2.45) is 5.92 Å². The Labute approximate surface area is 82.3 Å². The van der Waals surface area contributed by atoms with Crippen LogP contribution in [0.15, 0.2) is 30.3 Å². The van der Waals surface area contributed by atoms with Crippen molar-refractivity contribution in [2.45, 2.75) is 6.10 Å². The number of rotatable bonds is 2. The monoisotopic (exact) mass is 192 g/mol. The van der Waals surface area contributed by atoms with Crippen LogP contribution in [-0.2, 0) is 4.74 Å². The van der Waals surface area contributed by atoms with E-state index < -0.39 is 12.0 Å². The minimum Gasteiger partial charge on any atom is -0.390 e. The molecule has 1 aliphatic heterocycles. The highest BCUT2D eigenvalue weighted by Gasteiger charge is 2.32. The molecule has 2 rings (SSSR count). The number of carbonyl (C=O) groups excluding carboxylic acids is 1. The summed E-state index contributed by atoms with van der Waals surface area (Å²) in [6.07, 6.45) is -0.650. The molecule has 1 heterocycles. The fourth-order valence-electron chi connectivity index (χ4n) is 1.61. The quantitative estimate of drug-likeness (QED) is 0.707. The van der Waals surface area contributed by atoms with Crippen molar-refractivity contribution in [1.29, 1.82) is 0 Å². The number of hydrogen-bond donors (Lipinski definition) is 1. The van der Waals surface area contributed by atoms with Gasteiger partial charge in [0, 0.05) is 5.56 Å². The fraction of sp³-hybridized carbons (Fsp3) is 0.364. The number of ether oxygens (including phenoxy) is 1. The summed E-state index contributed by atoms with van der Waals surface area (Å²) in [4.78, 5) is 11.8. The molecule has 0 spiro atoms. The van der Waals surface area contributed by atoms with E-state index in [9.17, 15) is 9.90 Å². The molecule has 1 aromatic rings. The van der Waals surface area contributed by atoms with Gasteiger partial charge in [-0.25, -0.2) is 0 Å². The zero-order valence-corrected chi connectivity index (χ0v) is 7.72. The number of aliphatic hydroxyl groups is 1. The van der Waals surface area contributed by atoms with Crippen LogP contribution in [0.3, 0.4) is 0 Å². The average molecular weight is 192 g/mol. The number of Topliss-reactive ketones (excluding diaryl/α,β-unsaturated/α-hetero) is 1. The first-order valence-corrected chi connectivity index (χ1v) is 4.64. The number of ketones is 1. The summed E-state index contributed by atoms with van der Waals surface area (Å²) in [7, 11) is 0. The number of carbonyl (C=O) groups is 1. The van der Waals surface area contributed by atoms with Gasteiger partial charge in [0.2, 0.25) is 0 Å². The summed E-state index contributed by atoms with van der Waals surface area (Å²) in [5.74, 6) is -0.423. The average Bonchev–Trinajstić information content (AvgIpc) is 2.65. The largest absolute Gasteiger partial charge is 0.390 e. The third kappa shape index (κ3) is 1.69. The lowest BCUT2D eigenvalue weighted by molar-refractivity contribution is 0.0791. The van der Waals surface area contributed by atoms with Crippen molar-refractivity contribution >= 4 is 5.78 Å². The highest BCUT2D eigenvalue weighted by molar-refractivity contribution is 5.98. The van der Waals surface area contributed by atoms with E-state index in [1.807, 2.05) is 18.2 Å². The summed E-state index contributed by atoms with van der Waals surface area (Å²) >= 11 is 0. The van der Waals surface area contributed by atoms with Gasteiger partial charge in [0.25, 0.3) is 0 Å². The van der Waals surface area contributed by atoms with Gasteiger partial charge in [0.05, 0.1) is 25.2 Å². The highest BCUT2D eigenvalue weighted by atomic mass is 16.5. The summed E-state index contributed by atoms with van der Waals surface area (Å²) < 4.78 is 5.04. The molecule has 0 aliphatic carbocycles. The summed E-state index contributed by atoms with van der Waals surface area (Å²) in [6.45, 7) is 0.595. The molecule has 0 radical (unpaired) electrons. The Morgan fingerprint density at radius 1 is 1.29 bits per heavy atom. The molecule has 2 atom stereocenters. The summed E-state index contributed by atoms with van der Waals surface area (Å²) in [5.41, 5.74) is 0.641. The second-order valence-electron chi connectivity index (χ2n) is 3.44. The SMILES string of the molecule is O=C(c1ccccc1)[C@H]1COC[C@H]1O. The van der Waals surface area contributed by atoms with Crippen molar-refractivity contribution in [2.75, 3.05) is 13.2 Å². The van der Waals surface area contributed by atoms with E-state index in [0.29, 0.717) is 12.2 Å². The molecule has 0 aromatic heterocycles. The standard InChI is InChI=1S/C11H12O3/c12-10-7-14-6-9(10)11(13)8-4-2-1-3-5-8/h1-5,9-10,12H,6-7H2/t9-,10+/m0/s1. The van der Waals surface area contributed by atoms with Crippen LogP contribution in [0.5, 0.6) is 0 Å². The van der Waals surface area contributed by atoms with Gasteiger partial charge < -0.3 is 9.84 Å². The van der Waals surface area contributed by atoms with E-state index in [1.165, 1.54) is 0 Å². The van der Waals surface area contributed by atoms with E-state index in [4.69, 9.17) is 4.74 Å². The molecule has 1 aliphatic rings. The lowest BCUT2D eigenvalue weighted by Crippen LogP contribution is -2.26. The van der Waals surface area contributed by atoms with Crippen LogP contribution in [0.2, 0.25) is 0 Å².